The number of hydrogen-bond donors (Lipinski definition) is 1. The molecule has 0 saturated heterocycles. The molecule has 0 unspecified atom stereocenters. The van der Waals surface area contributed by atoms with Crippen LogP contribution < -0.4 is 10.1 Å². The van der Waals surface area contributed by atoms with Gasteiger partial charge in [-0.25, -0.2) is 0 Å². The third-order valence-electron chi connectivity index (χ3n) is 3.70. The number of nitrogens with one attached hydrogen (secondary N) is 1. The zero-order valence-electron chi connectivity index (χ0n) is 11.8. The van der Waals surface area contributed by atoms with E-state index in [1.54, 1.807) is 13.2 Å². The summed E-state index contributed by atoms with van der Waals surface area (Å²) in [5.41, 5.74) is 3.13. The molecule has 1 fully saturated rings. The first kappa shape index (κ1) is 14.7. The van der Waals surface area contributed by atoms with Gasteiger partial charge in [0.05, 0.1) is 17.2 Å². The van der Waals surface area contributed by atoms with Gasteiger partial charge in [0.15, 0.2) is 0 Å². The van der Waals surface area contributed by atoms with Gasteiger partial charge in [-0.05, 0) is 36.6 Å². The fourth-order valence-corrected chi connectivity index (χ4v) is 2.76. The molecule has 110 valence electrons. The van der Waals surface area contributed by atoms with Crippen LogP contribution in [0.4, 0.5) is 0 Å². The monoisotopic (exact) mass is 321 g/mol. The van der Waals surface area contributed by atoms with Crippen molar-refractivity contribution in [2.45, 2.75) is 25.4 Å². The van der Waals surface area contributed by atoms with Crippen molar-refractivity contribution in [1.82, 2.24) is 5.32 Å². The molecule has 0 amide bonds. The molecule has 0 spiro atoms. The topological polar surface area (TPSA) is 21.3 Å². The second-order valence-corrected chi connectivity index (χ2v) is 6.07. The molecule has 1 aliphatic rings. The smallest absolute Gasteiger partial charge is 0.123 e. The number of rotatable bonds is 5. The van der Waals surface area contributed by atoms with Gasteiger partial charge in [0.2, 0.25) is 0 Å². The first-order chi connectivity index (χ1) is 10.2. The molecule has 3 rings (SSSR count). The van der Waals surface area contributed by atoms with Crippen molar-refractivity contribution in [1.29, 1.82) is 0 Å². The van der Waals surface area contributed by atoms with E-state index in [2.05, 4.69) is 11.4 Å². The Morgan fingerprint density at radius 2 is 2.00 bits per heavy atom. The van der Waals surface area contributed by atoms with E-state index in [9.17, 15) is 0 Å². The summed E-state index contributed by atoms with van der Waals surface area (Å²) in [6.07, 6.45) is 2.53. The van der Waals surface area contributed by atoms with Crippen molar-refractivity contribution in [3.8, 4) is 16.9 Å². The Morgan fingerprint density at radius 1 is 1.19 bits per heavy atom. The van der Waals surface area contributed by atoms with Crippen LogP contribution in [0.5, 0.6) is 5.75 Å². The van der Waals surface area contributed by atoms with E-state index in [0.717, 1.165) is 29.0 Å². The Balaban J connectivity index is 1.94. The minimum atomic E-state index is 0.572. The molecular weight excluding hydrogens is 305 g/mol. The lowest BCUT2D eigenvalue weighted by atomic mass is 10.0. The zero-order chi connectivity index (χ0) is 14.8. The molecule has 1 aliphatic carbocycles. The van der Waals surface area contributed by atoms with E-state index in [4.69, 9.17) is 27.9 Å². The minimum absolute atomic E-state index is 0.572. The standard InChI is InChI=1S/C17H17Cl2NO/c1-21-16-8-5-11(9-12(16)10-20-13-6-7-13)14-3-2-4-15(18)17(14)19/h2-5,8-9,13,20H,6-7,10H2,1H3. The summed E-state index contributed by atoms with van der Waals surface area (Å²) in [6, 6.07) is 12.5. The number of benzene rings is 2. The molecule has 0 bridgehead atoms. The largest absolute Gasteiger partial charge is 0.496 e. The Kier molecular flexibility index (Phi) is 4.39. The Morgan fingerprint density at radius 3 is 2.71 bits per heavy atom. The molecule has 0 radical (unpaired) electrons. The first-order valence-corrected chi connectivity index (χ1v) is 7.79. The molecular formula is C17H17Cl2NO. The predicted octanol–water partition coefficient (Wildman–Crippen LogP) is 4.92. The molecule has 0 atom stereocenters. The lowest BCUT2D eigenvalue weighted by molar-refractivity contribution is 0.407. The number of halogens is 2. The maximum absolute atomic E-state index is 6.31. The van der Waals surface area contributed by atoms with E-state index in [-0.39, 0.29) is 0 Å². The zero-order valence-corrected chi connectivity index (χ0v) is 13.3. The predicted molar refractivity (Wildman–Crippen MR) is 88.3 cm³/mol. The van der Waals surface area contributed by atoms with Crippen molar-refractivity contribution in [3.63, 3.8) is 0 Å². The van der Waals surface area contributed by atoms with Gasteiger partial charge >= 0.3 is 0 Å². The van der Waals surface area contributed by atoms with Crippen LogP contribution in [-0.2, 0) is 6.54 Å². The highest BCUT2D eigenvalue weighted by atomic mass is 35.5. The molecule has 2 nitrogen and oxygen atoms in total. The summed E-state index contributed by atoms with van der Waals surface area (Å²) in [7, 11) is 1.70. The van der Waals surface area contributed by atoms with Gasteiger partial charge in [-0.3, -0.25) is 0 Å². The van der Waals surface area contributed by atoms with Crippen LogP contribution in [0.3, 0.4) is 0 Å². The van der Waals surface area contributed by atoms with Crippen LogP contribution in [0.1, 0.15) is 18.4 Å². The van der Waals surface area contributed by atoms with Gasteiger partial charge in [-0.1, -0.05) is 41.4 Å². The minimum Gasteiger partial charge on any atom is -0.496 e. The van der Waals surface area contributed by atoms with Gasteiger partial charge in [-0.15, -0.1) is 0 Å². The normalized spacial score (nSPS) is 14.2. The van der Waals surface area contributed by atoms with Gasteiger partial charge in [0.25, 0.3) is 0 Å². The third-order valence-corrected chi connectivity index (χ3v) is 4.52. The van der Waals surface area contributed by atoms with Crippen molar-refractivity contribution in [2.75, 3.05) is 7.11 Å². The second-order valence-electron chi connectivity index (χ2n) is 5.28. The molecule has 0 heterocycles. The summed E-state index contributed by atoms with van der Waals surface area (Å²) in [4.78, 5) is 0. The van der Waals surface area contributed by atoms with Crippen LogP contribution >= 0.6 is 23.2 Å². The van der Waals surface area contributed by atoms with Gasteiger partial charge < -0.3 is 10.1 Å². The molecule has 2 aromatic carbocycles. The maximum atomic E-state index is 6.31. The highest BCUT2D eigenvalue weighted by molar-refractivity contribution is 6.43. The highest BCUT2D eigenvalue weighted by Crippen LogP contribution is 2.35. The van der Waals surface area contributed by atoms with Crippen molar-refractivity contribution in [2.24, 2.45) is 0 Å². The Hall–Kier alpha value is -1.22. The molecule has 1 N–H and O–H groups in total. The van der Waals surface area contributed by atoms with E-state index in [1.165, 1.54) is 12.8 Å². The average Bonchev–Trinajstić information content (AvgIpc) is 3.32. The summed E-state index contributed by atoms with van der Waals surface area (Å²) in [5, 5.41) is 4.67. The molecule has 21 heavy (non-hydrogen) atoms. The molecule has 2 aromatic rings. The number of hydrogen-bond acceptors (Lipinski definition) is 2. The summed E-state index contributed by atoms with van der Waals surface area (Å²) in [5.74, 6) is 0.894. The molecule has 0 aromatic heterocycles. The number of methoxy groups -OCH3 is 1. The lowest BCUT2D eigenvalue weighted by Crippen LogP contribution is -2.15. The Labute approximate surface area is 135 Å². The van der Waals surface area contributed by atoms with E-state index in [0.29, 0.717) is 16.1 Å². The fourth-order valence-electron chi connectivity index (χ4n) is 2.35. The van der Waals surface area contributed by atoms with Crippen LogP contribution in [0, 0.1) is 0 Å². The van der Waals surface area contributed by atoms with Gasteiger partial charge in [0, 0.05) is 23.7 Å². The number of ether oxygens (including phenoxy) is 1. The van der Waals surface area contributed by atoms with Crippen LogP contribution in [0.25, 0.3) is 11.1 Å². The SMILES string of the molecule is COc1ccc(-c2cccc(Cl)c2Cl)cc1CNC1CC1. The molecule has 4 heteroatoms. The summed E-state index contributed by atoms with van der Waals surface area (Å²) < 4.78 is 5.44. The second kappa shape index (κ2) is 6.27. The van der Waals surface area contributed by atoms with Gasteiger partial charge in [0.1, 0.15) is 5.75 Å². The van der Waals surface area contributed by atoms with Crippen LogP contribution in [-0.4, -0.2) is 13.2 Å². The van der Waals surface area contributed by atoms with Crippen LogP contribution in [0.15, 0.2) is 36.4 Å². The highest BCUT2D eigenvalue weighted by Gasteiger charge is 2.20. The van der Waals surface area contributed by atoms with Crippen molar-refractivity contribution < 1.29 is 4.74 Å². The first-order valence-electron chi connectivity index (χ1n) is 7.03. The van der Waals surface area contributed by atoms with E-state index in [1.807, 2.05) is 24.3 Å². The Bertz CT molecular complexity index is 653. The maximum Gasteiger partial charge on any atom is 0.123 e. The molecule has 1 saturated carbocycles. The van der Waals surface area contributed by atoms with E-state index < -0.39 is 0 Å². The van der Waals surface area contributed by atoms with Gasteiger partial charge in [-0.2, -0.15) is 0 Å². The summed E-state index contributed by atoms with van der Waals surface area (Å²) >= 11 is 12.4. The fraction of sp³-hybridized carbons (Fsp3) is 0.294. The third kappa shape index (κ3) is 3.34. The average molecular weight is 322 g/mol. The van der Waals surface area contributed by atoms with Crippen molar-refractivity contribution in [3.05, 3.63) is 52.0 Å². The summed E-state index contributed by atoms with van der Waals surface area (Å²) in [6.45, 7) is 0.805. The lowest BCUT2D eigenvalue weighted by Gasteiger charge is -2.13. The quantitative estimate of drug-likeness (QED) is 0.843. The van der Waals surface area contributed by atoms with E-state index >= 15 is 0 Å². The van der Waals surface area contributed by atoms with Crippen molar-refractivity contribution >= 4 is 23.2 Å². The van der Waals surface area contributed by atoms with Crippen LogP contribution in [0.2, 0.25) is 10.0 Å². The molecule has 0 aliphatic heterocycles.